The van der Waals surface area contributed by atoms with Crippen LogP contribution in [0.25, 0.3) is 0 Å². The molecule has 1 aromatic carbocycles. The molecule has 0 heterocycles. The molecule has 1 rings (SSSR count). The molecule has 0 bridgehead atoms. The topological polar surface area (TPSA) is 29.3 Å². The van der Waals surface area contributed by atoms with E-state index in [9.17, 15) is 8.78 Å². The van der Waals surface area contributed by atoms with Gasteiger partial charge in [-0.2, -0.15) is 0 Å². The number of nitrogens with two attached hydrogens (primary N) is 1. The van der Waals surface area contributed by atoms with Gasteiger partial charge in [0.05, 0.1) is 0 Å². The molecule has 1 aromatic rings. The molecule has 0 radical (unpaired) electrons. The van der Waals surface area contributed by atoms with Crippen molar-refractivity contribution >= 4 is 0 Å². The zero-order valence-electron chi connectivity index (χ0n) is 10.6. The minimum Gasteiger partial charge on any atom is -0.329 e. The van der Waals surface area contributed by atoms with Gasteiger partial charge in [-0.3, -0.25) is 4.90 Å². The third-order valence-electron chi connectivity index (χ3n) is 3.26. The van der Waals surface area contributed by atoms with E-state index in [1.165, 1.54) is 12.1 Å². The van der Waals surface area contributed by atoms with E-state index in [0.29, 0.717) is 25.1 Å². The van der Waals surface area contributed by atoms with Crippen LogP contribution in [0.3, 0.4) is 0 Å². The smallest absolute Gasteiger partial charge is 0.126 e. The van der Waals surface area contributed by atoms with Gasteiger partial charge < -0.3 is 5.73 Å². The van der Waals surface area contributed by atoms with Crippen molar-refractivity contribution < 1.29 is 8.78 Å². The normalized spacial score (nSPS) is 12.2. The van der Waals surface area contributed by atoms with E-state index in [4.69, 9.17) is 5.73 Å². The summed E-state index contributed by atoms with van der Waals surface area (Å²) < 4.78 is 26.4. The van der Waals surface area contributed by atoms with Crippen LogP contribution in [0.15, 0.2) is 18.2 Å². The first-order valence-electron chi connectivity index (χ1n) is 5.72. The number of benzene rings is 1. The number of nitrogens with zero attached hydrogens (tertiary/aromatic N) is 1. The number of rotatable bonds is 5. The highest BCUT2D eigenvalue weighted by molar-refractivity contribution is 5.19. The molecule has 96 valence electrons. The van der Waals surface area contributed by atoms with Crippen LogP contribution in [0.4, 0.5) is 8.78 Å². The van der Waals surface area contributed by atoms with Gasteiger partial charge in [0, 0.05) is 18.6 Å². The Morgan fingerprint density at radius 1 is 1.29 bits per heavy atom. The fraction of sp³-hybridized carbons (Fsp3) is 0.538. The molecule has 0 atom stereocenters. The van der Waals surface area contributed by atoms with Crippen LogP contribution in [-0.4, -0.2) is 30.6 Å². The van der Waals surface area contributed by atoms with Crippen molar-refractivity contribution in [1.29, 1.82) is 0 Å². The summed E-state index contributed by atoms with van der Waals surface area (Å²) in [7, 11) is 1.93. The summed E-state index contributed by atoms with van der Waals surface area (Å²) >= 11 is 0. The van der Waals surface area contributed by atoms with Crippen molar-refractivity contribution in [1.82, 2.24) is 4.90 Å². The lowest BCUT2D eigenvalue weighted by atomic mass is 10.0. The van der Waals surface area contributed by atoms with Gasteiger partial charge in [-0.05, 0) is 51.1 Å². The Labute approximate surface area is 101 Å². The van der Waals surface area contributed by atoms with Gasteiger partial charge in [0.1, 0.15) is 11.6 Å². The summed E-state index contributed by atoms with van der Waals surface area (Å²) in [6, 6.07) is 3.55. The lowest BCUT2D eigenvalue weighted by Crippen LogP contribution is -2.47. The van der Waals surface area contributed by atoms with Crippen LogP contribution in [0.5, 0.6) is 0 Å². The van der Waals surface area contributed by atoms with Crippen molar-refractivity contribution in [2.75, 3.05) is 20.1 Å². The lowest BCUT2D eigenvalue weighted by Gasteiger charge is -2.34. The first-order chi connectivity index (χ1) is 7.86. The highest BCUT2D eigenvalue weighted by atomic mass is 19.1. The van der Waals surface area contributed by atoms with Gasteiger partial charge in [0.25, 0.3) is 0 Å². The molecule has 0 saturated heterocycles. The molecule has 0 amide bonds. The molecule has 0 aliphatic heterocycles. The maximum absolute atomic E-state index is 13.4. The monoisotopic (exact) mass is 242 g/mol. The fourth-order valence-electron chi connectivity index (χ4n) is 1.48. The maximum atomic E-state index is 13.4. The van der Waals surface area contributed by atoms with Crippen molar-refractivity contribution in [3.05, 3.63) is 35.4 Å². The molecular formula is C13H20F2N2. The summed E-state index contributed by atoms with van der Waals surface area (Å²) in [5.74, 6) is -0.757. The number of hydrogen-bond acceptors (Lipinski definition) is 2. The third kappa shape index (κ3) is 3.75. The molecule has 0 aliphatic rings. The zero-order valence-corrected chi connectivity index (χ0v) is 10.6. The first kappa shape index (κ1) is 14.1. The van der Waals surface area contributed by atoms with Gasteiger partial charge in [-0.15, -0.1) is 0 Å². The Kier molecular flexibility index (Phi) is 4.60. The number of likely N-dealkylation sites (N-methyl/N-ethyl adjacent to an activating group) is 1. The second kappa shape index (κ2) is 5.56. The van der Waals surface area contributed by atoms with Gasteiger partial charge in [0.2, 0.25) is 0 Å². The molecular weight excluding hydrogens is 222 g/mol. The minimum atomic E-state index is -0.401. The van der Waals surface area contributed by atoms with Crippen LogP contribution in [0, 0.1) is 11.6 Å². The van der Waals surface area contributed by atoms with E-state index >= 15 is 0 Å². The highest BCUT2D eigenvalue weighted by Gasteiger charge is 2.21. The molecule has 2 N–H and O–H groups in total. The van der Waals surface area contributed by atoms with Crippen LogP contribution < -0.4 is 5.73 Å². The molecule has 0 saturated carbocycles. The van der Waals surface area contributed by atoms with Crippen molar-refractivity contribution in [3.63, 3.8) is 0 Å². The summed E-state index contributed by atoms with van der Waals surface area (Å²) in [5, 5.41) is 0. The van der Waals surface area contributed by atoms with Gasteiger partial charge in [0.15, 0.2) is 0 Å². The first-order valence-corrected chi connectivity index (χ1v) is 5.72. The van der Waals surface area contributed by atoms with E-state index < -0.39 is 5.82 Å². The molecule has 4 heteroatoms. The molecule has 0 unspecified atom stereocenters. The van der Waals surface area contributed by atoms with Crippen LogP contribution in [0.1, 0.15) is 19.4 Å². The average molecular weight is 242 g/mol. The predicted octanol–water partition coefficient (Wildman–Crippen LogP) is 2.18. The Hall–Kier alpha value is -1.00. The summed E-state index contributed by atoms with van der Waals surface area (Å²) in [6.45, 7) is 5.21. The number of halogens is 2. The van der Waals surface area contributed by atoms with Gasteiger partial charge in [-0.25, -0.2) is 8.78 Å². The standard InChI is InChI=1S/C13H20F2N2/c1-13(2,9-16)17(3)7-6-10-8-11(14)4-5-12(10)15/h4-5,8H,6-7,9,16H2,1-3H3. The zero-order chi connectivity index (χ0) is 13.1. The average Bonchev–Trinajstić information content (AvgIpc) is 2.29. The van der Waals surface area contributed by atoms with Crippen LogP contribution >= 0.6 is 0 Å². The molecule has 0 aromatic heterocycles. The number of hydrogen-bond donors (Lipinski definition) is 1. The van der Waals surface area contributed by atoms with Crippen molar-refractivity contribution in [2.24, 2.45) is 5.73 Å². The van der Waals surface area contributed by atoms with E-state index in [2.05, 4.69) is 4.90 Å². The van der Waals surface area contributed by atoms with Gasteiger partial charge >= 0.3 is 0 Å². The second-order valence-electron chi connectivity index (χ2n) is 4.92. The molecule has 17 heavy (non-hydrogen) atoms. The fourth-order valence-corrected chi connectivity index (χ4v) is 1.48. The van der Waals surface area contributed by atoms with E-state index in [1.807, 2.05) is 20.9 Å². The van der Waals surface area contributed by atoms with Gasteiger partial charge in [-0.1, -0.05) is 0 Å². The molecule has 0 fully saturated rings. The Morgan fingerprint density at radius 3 is 2.53 bits per heavy atom. The highest BCUT2D eigenvalue weighted by Crippen LogP contribution is 2.14. The third-order valence-corrected chi connectivity index (χ3v) is 3.26. The Bertz CT molecular complexity index is 378. The lowest BCUT2D eigenvalue weighted by molar-refractivity contribution is 0.165. The van der Waals surface area contributed by atoms with Crippen LogP contribution in [-0.2, 0) is 6.42 Å². The van der Waals surface area contributed by atoms with E-state index in [-0.39, 0.29) is 11.4 Å². The SMILES string of the molecule is CN(CCc1cc(F)ccc1F)C(C)(C)CN. The van der Waals surface area contributed by atoms with Crippen molar-refractivity contribution in [2.45, 2.75) is 25.8 Å². The van der Waals surface area contributed by atoms with Crippen LogP contribution in [0.2, 0.25) is 0 Å². The Morgan fingerprint density at radius 2 is 1.94 bits per heavy atom. The summed E-state index contributed by atoms with van der Waals surface area (Å²) in [6.07, 6.45) is 0.476. The van der Waals surface area contributed by atoms with E-state index in [1.54, 1.807) is 0 Å². The largest absolute Gasteiger partial charge is 0.329 e. The predicted molar refractivity (Wildman–Crippen MR) is 65.8 cm³/mol. The Balaban J connectivity index is 2.64. The maximum Gasteiger partial charge on any atom is 0.126 e. The van der Waals surface area contributed by atoms with E-state index in [0.717, 1.165) is 6.07 Å². The minimum absolute atomic E-state index is 0.135. The quantitative estimate of drug-likeness (QED) is 0.857. The van der Waals surface area contributed by atoms with Crippen molar-refractivity contribution in [3.8, 4) is 0 Å². The summed E-state index contributed by atoms with van der Waals surface area (Å²) in [4.78, 5) is 2.05. The molecule has 0 spiro atoms. The molecule has 0 aliphatic carbocycles. The summed E-state index contributed by atoms with van der Waals surface area (Å²) in [5.41, 5.74) is 5.93. The second-order valence-corrected chi connectivity index (χ2v) is 4.92. The molecule has 2 nitrogen and oxygen atoms in total.